The molecule has 4 nitrogen and oxygen atoms in total. The summed E-state index contributed by atoms with van der Waals surface area (Å²) in [6, 6.07) is 5.88. The predicted octanol–water partition coefficient (Wildman–Crippen LogP) is 1.95. The van der Waals surface area contributed by atoms with Gasteiger partial charge in [0.1, 0.15) is 17.4 Å². The lowest BCUT2D eigenvalue weighted by Crippen LogP contribution is -2.25. The highest BCUT2D eigenvalue weighted by Crippen LogP contribution is 2.25. The Bertz CT molecular complexity index is 595. The van der Waals surface area contributed by atoms with Crippen molar-refractivity contribution in [2.75, 3.05) is 13.2 Å². The second kappa shape index (κ2) is 5.62. The van der Waals surface area contributed by atoms with Crippen molar-refractivity contribution in [1.29, 1.82) is 0 Å². The number of benzene rings is 1. The molecule has 1 aromatic carbocycles. The van der Waals surface area contributed by atoms with E-state index >= 15 is 0 Å². The number of halogens is 2. The molecule has 2 aromatic rings. The van der Waals surface area contributed by atoms with Gasteiger partial charge in [0.15, 0.2) is 5.76 Å². The van der Waals surface area contributed by atoms with Crippen LogP contribution < -0.4 is 5.32 Å². The number of furan rings is 1. The van der Waals surface area contributed by atoms with E-state index in [1.54, 1.807) is 0 Å². The molecule has 100 valence electrons. The zero-order valence-corrected chi connectivity index (χ0v) is 9.82. The van der Waals surface area contributed by atoms with Gasteiger partial charge in [0.05, 0.1) is 12.2 Å². The van der Waals surface area contributed by atoms with Gasteiger partial charge in [-0.25, -0.2) is 8.78 Å². The fraction of sp³-hybridized carbons (Fsp3) is 0.154. The Balaban J connectivity index is 2.23. The number of nitrogens with one attached hydrogen (secondary N) is 1. The summed E-state index contributed by atoms with van der Waals surface area (Å²) in [6.07, 6.45) is 0. The first-order chi connectivity index (χ1) is 9.11. The number of carbonyl (C=O) groups excluding carboxylic acids is 1. The molecule has 0 aliphatic carbocycles. The molecular formula is C13H11F2NO3. The summed E-state index contributed by atoms with van der Waals surface area (Å²) in [4.78, 5) is 11.5. The fourth-order valence-electron chi connectivity index (χ4n) is 1.55. The van der Waals surface area contributed by atoms with Crippen molar-refractivity contribution in [3.63, 3.8) is 0 Å². The Morgan fingerprint density at radius 3 is 2.74 bits per heavy atom. The van der Waals surface area contributed by atoms with Crippen LogP contribution in [0.3, 0.4) is 0 Å². The van der Waals surface area contributed by atoms with Crippen LogP contribution in [0, 0.1) is 11.6 Å². The van der Waals surface area contributed by atoms with Crippen molar-refractivity contribution in [2.45, 2.75) is 0 Å². The maximum Gasteiger partial charge on any atom is 0.287 e. The number of aliphatic hydroxyl groups is 1. The summed E-state index contributed by atoms with van der Waals surface area (Å²) < 4.78 is 31.5. The maximum absolute atomic E-state index is 13.5. The molecule has 0 bridgehead atoms. The highest BCUT2D eigenvalue weighted by Gasteiger charge is 2.14. The lowest BCUT2D eigenvalue weighted by atomic mass is 10.1. The lowest BCUT2D eigenvalue weighted by molar-refractivity contribution is 0.0918. The minimum atomic E-state index is -0.767. The Hall–Kier alpha value is -2.21. The molecule has 2 N–H and O–H groups in total. The topological polar surface area (TPSA) is 62.5 Å². The van der Waals surface area contributed by atoms with Gasteiger partial charge in [-0.15, -0.1) is 0 Å². The molecule has 0 spiro atoms. The number of rotatable bonds is 4. The number of aliphatic hydroxyl groups excluding tert-OH is 1. The second-order valence-electron chi connectivity index (χ2n) is 3.77. The molecule has 6 heteroatoms. The summed E-state index contributed by atoms with van der Waals surface area (Å²) >= 11 is 0. The van der Waals surface area contributed by atoms with Gasteiger partial charge in [-0.3, -0.25) is 4.79 Å². The maximum atomic E-state index is 13.5. The first kappa shape index (κ1) is 13.2. The van der Waals surface area contributed by atoms with Gasteiger partial charge in [0.2, 0.25) is 0 Å². The van der Waals surface area contributed by atoms with Gasteiger partial charge < -0.3 is 14.8 Å². The molecule has 19 heavy (non-hydrogen) atoms. The van der Waals surface area contributed by atoms with Gasteiger partial charge >= 0.3 is 0 Å². The van der Waals surface area contributed by atoms with Crippen LogP contribution >= 0.6 is 0 Å². The molecule has 0 aliphatic heterocycles. The van der Waals surface area contributed by atoms with E-state index in [1.807, 2.05) is 0 Å². The van der Waals surface area contributed by atoms with Crippen LogP contribution in [0.5, 0.6) is 0 Å². The normalized spacial score (nSPS) is 10.5. The van der Waals surface area contributed by atoms with Gasteiger partial charge in [0, 0.05) is 12.6 Å². The lowest BCUT2D eigenvalue weighted by Gasteiger charge is -2.01. The second-order valence-corrected chi connectivity index (χ2v) is 3.77. The Kier molecular flexibility index (Phi) is 3.91. The summed E-state index contributed by atoms with van der Waals surface area (Å²) in [7, 11) is 0. The summed E-state index contributed by atoms with van der Waals surface area (Å²) in [5, 5.41) is 11.0. The van der Waals surface area contributed by atoms with Crippen LogP contribution in [0.1, 0.15) is 10.6 Å². The number of carbonyl (C=O) groups is 1. The van der Waals surface area contributed by atoms with Crippen molar-refractivity contribution >= 4 is 5.91 Å². The fourth-order valence-corrected chi connectivity index (χ4v) is 1.55. The zero-order valence-electron chi connectivity index (χ0n) is 9.82. The van der Waals surface area contributed by atoms with E-state index in [0.717, 1.165) is 12.1 Å². The van der Waals surface area contributed by atoms with E-state index in [9.17, 15) is 13.6 Å². The van der Waals surface area contributed by atoms with E-state index in [1.165, 1.54) is 18.2 Å². The van der Waals surface area contributed by atoms with Crippen LogP contribution in [0.15, 0.2) is 34.7 Å². The van der Waals surface area contributed by atoms with Crippen LogP contribution in [0.25, 0.3) is 11.3 Å². The van der Waals surface area contributed by atoms with Gasteiger partial charge in [-0.1, -0.05) is 0 Å². The molecule has 0 aliphatic rings. The predicted molar refractivity (Wildman–Crippen MR) is 63.5 cm³/mol. The average Bonchev–Trinajstić information content (AvgIpc) is 2.85. The van der Waals surface area contributed by atoms with Crippen LogP contribution in [-0.2, 0) is 0 Å². The molecular weight excluding hydrogens is 256 g/mol. The molecule has 0 radical (unpaired) electrons. The Morgan fingerprint density at radius 2 is 2.05 bits per heavy atom. The van der Waals surface area contributed by atoms with Crippen molar-refractivity contribution in [3.8, 4) is 11.3 Å². The molecule has 0 saturated heterocycles. The monoisotopic (exact) mass is 267 g/mol. The molecule has 1 amide bonds. The van der Waals surface area contributed by atoms with Gasteiger partial charge in [0.25, 0.3) is 5.91 Å². The molecule has 0 unspecified atom stereocenters. The van der Waals surface area contributed by atoms with E-state index < -0.39 is 17.5 Å². The minimum absolute atomic E-state index is 0.00725. The Labute approximate surface area is 107 Å². The molecule has 0 atom stereocenters. The summed E-state index contributed by atoms with van der Waals surface area (Å²) in [5.41, 5.74) is 0.0719. The smallest absolute Gasteiger partial charge is 0.287 e. The molecule has 0 saturated carbocycles. The first-order valence-electron chi connectivity index (χ1n) is 5.56. The van der Waals surface area contributed by atoms with E-state index in [2.05, 4.69) is 5.32 Å². The molecule has 1 aromatic heterocycles. The number of hydrogen-bond donors (Lipinski definition) is 2. The summed E-state index contributed by atoms with van der Waals surface area (Å²) in [6.45, 7) is -0.0916. The first-order valence-corrected chi connectivity index (χ1v) is 5.56. The largest absolute Gasteiger partial charge is 0.451 e. The average molecular weight is 267 g/mol. The van der Waals surface area contributed by atoms with Gasteiger partial charge in [-0.2, -0.15) is 0 Å². The van der Waals surface area contributed by atoms with E-state index in [0.29, 0.717) is 0 Å². The molecule has 1 heterocycles. The third-order valence-corrected chi connectivity index (χ3v) is 2.42. The Morgan fingerprint density at radius 1 is 1.26 bits per heavy atom. The van der Waals surface area contributed by atoms with Crippen LogP contribution in [-0.4, -0.2) is 24.2 Å². The minimum Gasteiger partial charge on any atom is -0.451 e. The van der Waals surface area contributed by atoms with Crippen molar-refractivity contribution in [3.05, 3.63) is 47.7 Å². The van der Waals surface area contributed by atoms with Crippen molar-refractivity contribution in [1.82, 2.24) is 5.32 Å². The third-order valence-electron chi connectivity index (χ3n) is 2.42. The number of hydrogen-bond acceptors (Lipinski definition) is 3. The van der Waals surface area contributed by atoms with Crippen molar-refractivity contribution < 1.29 is 23.1 Å². The van der Waals surface area contributed by atoms with E-state index in [-0.39, 0.29) is 30.2 Å². The SMILES string of the molecule is O=C(NCCO)c1ccc(-c2ccc(F)cc2F)o1. The van der Waals surface area contributed by atoms with Gasteiger partial charge in [-0.05, 0) is 24.3 Å². The standard InChI is InChI=1S/C13H11F2NO3/c14-8-1-2-9(10(15)7-8)11-3-4-12(19-11)13(18)16-5-6-17/h1-4,7,17H,5-6H2,(H,16,18). The highest BCUT2D eigenvalue weighted by molar-refractivity contribution is 5.92. The van der Waals surface area contributed by atoms with Crippen LogP contribution in [0.2, 0.25) is 0 Å². The number of amides is 1. The third kappa shape index (κ3) is 2.97. The molecule has 2 rings (SSSR count). The van der Waals surface area contributed by atoms with Crippen LogP contribution in [0.4, 0.5) is 8.78 Å². The highest BCUT2D eigenvalue weighted by atomic mass is 19.1. The van der Waals surface area contributed by atoms with Crippen molar-refractivity contribution in [2.24, 2.45) is 0 Å². The van der Waals surface area contributed by atoms with E-state index in [4.69, 9.17) is 9.52 Å². The quantitative estimate of drug-likeness (QED) is 0.890. The summed E-state index contributed by atoms with van der Waals surface area (Å²) in [5.74, 6) is -1.84. The molecule has 0 fully saturated rings. The zero-order chi connectivity index (χ0) is 13.8.